The fourth-order valence-corrected chi connectivity index (χ4v) is 4.77. The molecule has 0 unspecified atom stereocenters. The first-order chi connectivity index (χ1) is 13.3. The van der Waals surface area contributed by atoms with Crippen molar-refractivity contribution in [1.29, 1.82) is 0 Å². The van der Waals surface area contributed by atoms with Gasteiger partial charge in [0.15, 0.2) is 5.76 Å². The third-order valence-corrected chi connectivity index (χ3v) is 6.36. The van der Waals surface area contributed by atoms with Crippen LogP contribution >= 0.6 is 0 Å². The molecule has 154 valence electrons. The molecule has 27 heavy (non-hydrogen) atoms. The van der Waals surface area contributed by atoms with Crippen molar-refractivity contribution in [2.75, 3.05) is 13.2 Å². The van der Waals surface area contributed by atoms with Crippen LogP contribution in [0.4, 0.5) is 0 Å². The van der Waals surface area contributed by atoms with Crippen LogP contribution in [0.2, 0.25) is 0 Å². The molecule has 0 aromatic heterocycles. The smallest absolute Gasteiger partial charge is 0.286 e. The predicted molar refractivity (Wildman–Crippen MR) is 105 cm³/mol. The van der Waals surface area contributed by atoms with Crippen LogP contribution in [-0.4, -0.2) is 36.6 Å². The molecule has 0 bridgehead atoms. The Morgan fingerprint density at radius 3 is 2.48 bits per heavy atom. The topological polar surface area (TPSA) is 67.8 Å². The predicted octanol–water partition coefficient (Wildman–Crippen LogP) is 4.05. The highest BCUT2D eigenvalue weighted by Gasteiger charge is 2.33. The van der Waals surface area contributed by atoms with E-state index in [-0.39, 0.29) is 24.8 Å². The van der Waals surface area contributed by atoms with Gasteiger partial charge in [0.2, 0.25) is 6.29 Å². The highest BCUT2D eigenvalue weighted by Crippen LogP contribution is 2.37. The van der Waals surface area contributed by atoms with E-state index in [0.29, 0.717) is 24.2 Å². The molecule has 1 heterocycles. The zero-order valence-corrected chi connectivity index (χ0v) is 16.7. The van der Waals surface area contributed by atoms with E-state index in [1.165, 1.54) is 51.4 Å². The van der Waals surface area contributed by atoms with E-state index in [9.17, 15) is 4.79 Å². The summed E-state index contributed by atoms with van der Waals surface area (Å²) >= 11 is 0. The van der Waals surface area contributed by atoms with Gasteiger partial charge < -0.3 is 19.9 Å². The minimum absolute atomic E-state index is 0.0635. The molecule has 5 heteroatoms. The monoisotopic (exact) mass is 379 g/mol. The first-order valence-electron chi connectivity index (χ1n) is 11.2. The summed E-state index contributed by atoms with van der Waals surface area (Å²) in [5.74, 6) is 1.42. The minimum atomic E-state index is -0.340. The van der Waals surface area contributed by atoms with Gasteiger partial charge in [-0.2, -0.15) is 0 Å². The number of aliphatic hydroxyl groups excluding tert-OH is 1. The van der Waals surface area contributed by atoms with E-state index in [1.54, 1.807) is 0 Å². The Morgan fingerprint density at radius 1 is 1.07 bits per heavy atom. The number of carbonyl (C=O) groups is 1. The lowest BCUT2D eigenvalue weighted by Gasteiger charge is -2.35. The number of nitrogens with one attached hydrogen (secondary N) is 1. The molecule has 3 aliphatic rings. The molecule has 5 nitrogen and oxygen atoms in total. The fourth-order valence-electron chi connectivity index (χ4n) is 4.77. The molecule has 0 saturated heterocycles. The zero-order valence-electron chi connectivity index (χ0n) is 16.7. The van der Waals surface area contributed by atoms with Crippen LogP contribution in [0.15, 0.2) is 11.8 Å². The van der Waals surface area contributed by atoms with Crippen molar-refractivity contribution in [1.82, 2.24) is 5.32 Å². The number of unbranched alkanes of at least 4 members (excludes halogenated alkanes) is 1. The van der Waals surface area contributed by atoms with E-state index < -0.39 is 0 Å². The van der Waals surface area contributed by atoms with Crippen molar-refractivity contribution in [3.63, 3.8) is 0 Å². The van der Waals surface area contributed by atoms with E-state index in [2.05, 4.69) is 11.4 Å². The van der Waals surface area contributed by atoms with Gasteiger partial charge in [-0.25, -0.2) is 0 Å². The summed E-state index contributed by atoms with van der Waals surface area (Å²) in [5, 5.41) is 12.1. The largest absolute Gasteiger partial charge is 0.459 e. The third-order valence-electron chi connectivity index (χ3n) is 6.36. The maximum absolute atomic E-state index is 12.8. The Labute approximate surface area is 163 Å². The number of carbonyl (C=O) groups excluding carboxylic acids is 1. The molecule has 2 atom stereocenters. The molecule has 0 aromatic rings. The standard InChI is InChI=1S/C22H37NO4/c24-13-7-8-14-26-21-16-18(17-9-3-1-4-10-17)15-20(27-21)22(25)23-19-11-5-2-6-12-19/h15,17-19,21,24H,1-14,16H2,(H,23,25)/t18-,21+/m1/s1. The van der Waals surface area contributed by atoms with Crippen molar-refractivity contribution in [3.8, 4) is 0 Å². The Kier molecular flexibility index (Phi) is 8.46. The molecule has 2 saturated carbocycles. The molecular weight excluding hydrogens is 342 g/mol. The van der Waals surface area contributed by atoms with E-state index in [4.69, 9.17) is 14.6 Å². The number of ether oxygens (including phenoxy) is 2. The lowest BCUT2D eigenvalue weighted by Crippen LogP contribution is -2.40. The zero-order chi connectivity index (χ0) is 18.9. The van der Waals surface area contributed by atoms with Gasteiger partial charge >= 0.3 is 0 Å². The van der Waals surface area contributed by atoms with Gasteiger partial charge in [0.1, 0.15) is 0 Å². The molecule has 1 aliphatic heterocycles. The average molecular weight is 380 g/mol. The highest BCUT2D eigenvalue weighted by atomic mass is 16.7. The van der Waals surface area contributed by atoms with Crippen LogP contribution < -0.4 is 5.32 Å². The number of hydrogen-bond acceptors (Lipinski definition) is 4. The van der Waals surface area contributed by atoms with Crippen molar-refractivity contribution < 1.29 is 19.4 Å². The normalized spacial score (nSPS) is 27.7. The van der Waals surface area contributed by atoms with E-state index >= 15 is 0 Å². The van der Waals surface area contributed by atoms with Gasteiger partial charge in [0.25, 0.3) is 5.91 Å². The maximum Gasteiger partial charge on any atom is 0.286 e. The molecule has 2 fully saturated rings. The molecule has 0 aromatic carbocycles. The lowest BCUT2D eigenvalue weighted by atomic mass is 9.77. The molecule has 1 amide bonds. The van der Waals surface area contributed by atoms with Crippen LogP contribution in [0.5, 0.6) is 0 Å². The lowest BCUT2D eigenvalue weighted by molar-refractivity contribution is -0.152. The Balaban J connectivity index is 1.60. The summed E-state index contributed by atoms with van der Waals surface area (Å²) in [6.07, 6.45) is 16.4. The average Bonchev–Trinajstić information content (AvgIpc) is 2.72. The van der Waals surface area contributed by atoms with Gasteiger partial charge in [-0.3, -0.25) is 4.79 Å². The molecule has 0 radical (unpaired) electrons. The second kappa shape index (κ2) is 11.1. The van der Waals surface area contributed by atoms with E-state index in [1.807, 2.05) is 0 Å². The van der Waals surface area contributed by atoms with Crippen molar-refractivity contribution in [2.45, 2.75) is 95.8 Å². The highest BCUT2D eigenvalue weighted by molar-refractivity contribution is 5.91. The van der Waals surface area contributed by atoms with Crippen LogP contribution in [0.1, 0.15) is 83.5 Å². The molecule has 2 aliphatic carbocycles. The summed E-state index contributed by atoms with van der Waals surface area (Å²) < 4.78 is 11.9. The van der Waals surface area contributed by atoms with Gasteiger partial charge in [0.05, 0.1) is 6.61 Å². The van der Waals surface area contributed by atoms with Crippen molar-refractivity contribution in [2.24, 2.45) is 11.8 Å². The number of rotatable bonds is 8. The van der Waals surface area contributed by atoms with Crippen molar-refractivity contribution in [3.05, 3.63) is 11.8 Å². The van der Waals surface area contributed by atoms with Crippen LogP contribution in [0.3, 0.4) is 0 Å². The number of hydrogen-bond donors (Lipinski definition) is 2. The minimum Gasteiger partial charge on any atom is -0.459 e. The summed E-state index contributed by atoms with van der Waals surface area (Å²) in [6, 6.07) is 0.287. The Hall–Kier alpha value is -1.07. The first-order valence-corrected chi connectivity index (χ1v) is 11.2. The molecular formula is C22H37NO4. The van der Waals surface area contributed by atoms with E-state index in [0.717, 1.165) is 32.1 Å². The number of amides is 1. The van der Waals surface area contributed by atoms with Crippen LogP contribution in [0.25, 0.3) is 0 Å². The van der Waals surface area contributed by atoms with Crippen molar-refractivity contribution >= 4 is 5.91 Å². The van der Waals surface area contributed by atoms with Crippen LogP contribution in [0, 0.1) is 11.8 Å². The fraction of sp³-hybridized carbons (Fsp3) is 0.864. The third kappa shape index (κ3) is 6.49. The quantitative estimate of drug-likeness (QED) is 0.624. The first kappa shape index (κ1) is 20.7. The molecule has 0 spiro atoms. The summed E-state index contributed by atoms with van der Waals surface area (Å²) in [6.45, 7) is 0.759. The van der Waals surface area contributed by atoms with Crippen LogP contribution in [-0.2, 0) is 14.3 Å². The summed E-state index contributed by atoms with van der Waals surface area (Å²) in [5.41, 5.74) is 0. The Bertz CT molecular complexity index is 481. The number of aliphatic hydroxyl groups is 1. The second-order valence-electron chi connectivity index (χ2n) is 8.49. The summed E-state index contributed by atoms with van der Waals surface area (Å²) in [7, 11) is 0. The second-order valence-corrected chi connectivity index (χ2v) is 8.49. The van der Waals surface area contributed by atoms with Gasteiger partial charge in [-0.15, -0.1) is 0 Å². The molecule has 3 rings (SSSR count). The SMILES string of the molecule is O=C(NC1CCCCC1)C1=C[C@@H](C2CCCCC2)C[C@@H](OCCCCO)O1. The van der Waals surface area contributed by atoms with Gasteiger partial charge in [0, 0.05) is 19.1 Å². The van der Waals surface area contributed by atoms with Gasteiger partial charge in [-0.05, 0) is 56.4 Å². The number of allylic oxidation sites excluding steroid dienone is 1. The maximum atomic E-state index is 12.8. The Morgan fingerprint density at radius 2 is 1.78 bits per heavy atom. The van der Waals surface area contributed by atoms with Gasteiger partial charge in [-0.1, -0.05) is 38.5 Å². The molecule has 2 N–H and O–H groups in total. The summed E-state index contributed by atoms with van der Waals surface area (Å²) in [4.78, 5) is 12.8.